The number of rotatable bonds is 9. The Labute approximate surface area is 111 Å². The maximum Gasteiger partial charge on any atom is 0.0797 e. The predicted octanol–water partition coefficient (Wildman–Crippen LogP) is 2.31. The molecule has 1 N–H and O–H groups in total. The molecule has 1 aromatic rings. The zero-order valence-electron chi connectivity index (χ0n) is 11.9. The Morgan fingerprint density at radius 3 is 2.56 bits per heavy atom. The zero-order valence-corrected chi connectivity index (χ0v) is 11.9. The van der Waals surface area contributed by atoms with Crippen molar-refractivity contribution in [3.63, 3.8) is 0 Å². The summed E-state index contributed by atoms with van der Waals surface area (Å²) < 4.78 is 5.78. The van der Waals surface area contributed by atoms with Crippen molar-refractivity contribution in [2.45, 2.75) is 19.4 Å². The first-order chi connectivity index (χ1) is 8.70. The molecule has 0 spiro atoms. The average Bonchev–Trinajstić information content (AvgIpc) is 2.38. The summed E-state index contributed by atoms with van der Waals surface area (Å²) in [6.45, 7) is 5.97. The fourth-order valence-electron chi connectivity index (χ4n) is 1.77. The van der Waals surface area contributed by atoms with E-state index in [1.165, 1.54) is 12.0 Å². The third-order valence-corrected chi connectivity index (χ3v) is 2.87. The molecule has 0 amide bonds. The SMILES string of the molecule is CC(OCCNCCCN(C)C)c1ccccc1. The van der Waals surface area contributed by atoms with E-state index in [-0.39, 0.29) is 6.10 Å². The van der Waals surface area contributed by atoms with Crippen molar-refractivity contribution in [2.24, 2.45) is 0 Å². The molecule has 1 aromatic carbocycles. The summed E-state index contributed by atoms with van der Waals surface area (Å²) in [5.74, 6) is 0. The topological polar surface area (TPSA) is 24.5 Å². The largest absolute Gasteiger partial charge is 0.373 e. The van der Waals surface area contributed by atoms with Crippen LogP contribution in [0, 0.1) is 0 Å². The van der Waals surface area contributed by atoms with Gasteiger partial charge in [-0.3, -0.25) is 0 Å². The van der Waals surface area contributed by atoms with Crippen LogP contribution in [0.2, 0.25) is 0 Å². The fraction of sp³-hybridized carbons (Fsp3) is 0.600. The Kier molecular flexibility index (Phi) is 7.65. The van der Waals surface area contributed by atoms with E-state index in [1.54, 1.807) is 0 Å². The van der Waals surface area contributed by atoms with Gasteiger partial charge in [0.2, 0.25) is 0 Å². The average molecular weight is 250 g/mol. The fourth-order valence-corrected chi connectivity index (χ4v) is 1.77. The van der Waals surface area contributed by atoms with E-state index < -0.39 is 0 Å². The molecule has 0 bridgehead atoms. The van der Waals surface area contributed by atoms with Gasteiger partial charge >= 0.3 is 0 Å². The maximum absolute atomic E-state index is 5.78. The van der Waals surface area contributed by atoms with Crippen molar-refractivity contribution >= 4 is 0 Å². The minimum absolute atomic E-state index is 0.176. The van der Waals surface area contributed by atoms with Crippen LogP contribution in [-0.2, 0) is 4.74 Å². The van der Waals surface area contributed by atoms with Crippen molar-refractivity contribution in [3.05, 3.63) is 35.9 Å². The van der Waals surface area contributed by atoms with Gasteiger partial charge in [0.05, 0.1) is 12.7 Å². The molecule has 0 heterocycles. The number of nitrogens with zero attached hydrogens (tertiary/aromatic N) is 1. The first-order valence-electron chi connectivity index (χ1n) is 6.72. The van der Waals surface area contributed by atoms with Gasteiger partial charge in [-0.05, 0) is 46.1 Å². The van der Waals surface area contributed by atoms with Crippen LogP contribution in [0.15, 0.2) is 30.3 Å². The molecule has 3 heteroatoms. The van der Waals surface area contributed by atoms with Crippen LogP contribution in [0.1, 0.15) is 25.0 Å². The van der Waals surface area contributed by atoms with E-state index in [0.717, 1.165) is 26.2 Å². The lowest BCUT2D eigenvalue weighted by Gasteiger charge is -2.14. The lowest BCUT2D eigenvalue weighted by Crippen LogP contribution is -2.24. The van der Waals surface area contributed by atoms with Gasteiger partial charge in [-0.2, -0.15) is 0 Å². The quantitative estimate of drug-likeness (QED) is 0.681. The zero-order chi connectivity index (χ0) is 13.2. The second-order valence-corrected chi connectivity index (χ2v) is 4.83. The number of hydrogen-bond acceptors (Lipinski definition) is 3. The molecule has 18 heavy (non-hydrogen) atoms. The highest BCUT2D eigenvalue weighted by atomic mass is 16.5. The molecule has 1 rings (SSSR count). The van der Waals surface area contributed by atoms with Crippen LogP contribution in [-0.4, -0.2) is 45.2 Å². The minimum Gasteiger partial charge on any atom is -0.373 e. The molecule has 0 aromatic heterocycles. The Bertz CT molecular complexity index is 301. The van der Waals surface area contributed by atoms with E-state index in [9.17, 15) is 0 Å². The number of benzene rings is 1. The summed E-state index contributed by atoms with van der Waals surface area (Å²) in [6.07, 6.45) is 1.36. The molecule has 3 nitrogen and oxygen atoms in total. The van der Waals surface area contributed by atoms with Crippen molar-refractivity contribution in [2.75, 3.05) is 40.3 Å². The van der Waals surface area contributed by atoms with E-state index in [4.69, 9.17) is 4.74 Å². The highest BCUT2D eigenvalue weighted by molar-refractivity contribution is 5.16. The van der Waals surface area contributed by atoms with Gasteiger partial charge < -0.3 is 15.0 Å². The van der Waals surface area contributed by atoms with Crippen LogP contribution in [0.5, 0.6) is 0 Å². The third-order valence-electron chi connectivity index (χ3n) is 2.87. The Balaban J connectivity index is 2.01. The molecule has 1 atom stereocenters. The Hall–Kier alpha value is -0.900. The normalized spacial score (nSPS) is 12.9. The third kappa shape index (κ3) is 6.74. The second-order valence-electron chi connectivity index (χ2n) is 4.83. The van der Waals surface area contributed by atoms with Crippen LogP contribution >= 0.6 is 0 Å². The molecule has 0 aliphatic heterocycles. The van der Waals surface area contributed by atoms with Crippen molar-refractivity contribution < 1.29 is 4.74 Å². The Morgan fingerprint density at radius 1 is 1.17 bits per heavy atom. The van der Waals surface area contributed by atoms with Gasteiger partial charge in [-0.15, -0.1) is 0 Å². The number of hydrogen-bond donors (Lipinski definition) is 1. The molecule has 0 aliphatic carbocycles. The van der Waals surface area contributed by atoms with Gasteiger partial charge in [0.15, 0.2) is 0 Å². The van der Waals surface area contributed by atoms with Gasteiger partial charge in [-0.1, -0.05) is 30.3 Å². The summed E-state index contributed by atoms with van der Waals surface area (Å²) >= 11 is 0. The predicted molar refractivity (Wildman–Crippen MR) is 76.8 cm³/mol. The van der Waals surface area contributed by atoms with E-state index >= 15 is 0 Å². The summed E-state index contributed by atoms with van der Waals surface area (Å²) in [6, 6.07) is 10.3. The lowest BCUT2D eigenvalue weighted by atomic mass is 10.1. The number of ether oxygens (including phenoxy) is 1. The first kappa shape index (κ1) is 15.2. The standard InChI is InChI=1S/C15H26N2O/c1-14(15-8-5-4-6-9-15)18-13-11-16-10-7-12-17(2)3/h4-6,8-9,14,16H,7,10-13H2,1-3H3. The number of nitrogens with one attached hydrogen (secondary N) is 1. The van der Waals surface area contributed by atoms with Gasteiger partial charge in [0, 0.05) is 6.54 Å². The second kappa shape index (κ2) is 9.09. The van der Waals surface area contributed by atoms with Crippen molar-refractivity contribution in [1.29, 1.82) is 0 Å². The van der Waals surface area contributed by atoms with Gasteiger partial charge in [0.1, 0.15) is 0 Å². The monoisotopic (exact) mass is 250 g/mol. The van der Waals surface area contributed by atoms with Crippen LogP contribution in [0.3, 0.4) is 0 Å². The van der Waals surface area contributed by atoms with Crippen molar-refractivity contribution in [1.82, 2.24) is 10.2 Å². The molecular weight excluding hydrogens is 224 g/mol. The Morgan fingerprint density at radius 2 is 1.89 bits per heavy atom. The summed E-state index contributed by atoms with van der Waals surface area (Å²) in [5, 5.41) is 3.40. The smallest absolute Gasteiger partial charge is 0.0797 e. The van der Waals surface area contributed by atoms with E-state index in [0.29, 0.717) is 0 Å². The highest BCUT2D eigenvalue weighted by Crippen LogP contribution is 2.14. The molecule has 0 fully saturated rings. The van der Waals surface area contributed by atoms with Gasteiger partial charge in [0.25, 0.3) is 0 Å². The van der Waals surface area contributed by atoms with Crippen LogP contribution in [0.4, 0.5) is 0 Å². The first-order valence-corrected chi connectivity index (χ1v) is 6.72. The molecular formula is C15H26N2O. The van der Waals surface area contributed by atoms with Crippen LogP contribution < -0.4 is 5.32 Å². The van der Waals surface area contributed by atoms with Crippen LogP contribution in [0.25, 0.3) is 0 Å². The van der Waals surface area contributed by atoms with Gasteiger partial charge in [-0.25, -0.2) is 0 Å². The summed E-state index contributed by atoms with van der Waals surface area (Å²) in [5.41, 5.74) is 1.24. The van der Waals surface area contributed by atoms with E-state index in [2.05, 4.69) is 55.5 Å². The highest BCUT2D eigenvalue weighted by Gasteiger charge is 2.03. The molecule has 0 saturated heterocycles. The lowest BCUT2D eigenvalue weighted by molar-refractivity contribution is 0.0678. The maximum atomic E-state index is 5.78. The summed E-state index contributed by atoms with van der Waals surface area (Å²) in [4.78, 5) is 2.20. The molecule has 0 radical (unpaired) electrons. The van der Waals surface area contributed by atoms with Crippen molar-refractivity contribution in [3.8, 4) is 0 Å². The summed E-state index contributed by atoms with van der Waals surface area (Å²) in [7, 11) is 4.20. The molecule has 0 aliphatic rings. The van der Waals surface area contributed by atoms with E-state index in [1.807, 2.05) is 6.07 Å². The molecule has 0 saturated carbocycles. The molecule has 1 unspecified atom stereocenters. The molecule has 102 valence electrons. The minimum atomic E-state index is 0.176.